The van der Waals surface area contributed by atoms with Crippen molar-refractivity contribution in [1.82, 2.24) is 4.98 Å². The SMILES string of the molecule is CCOC(=O)c1cc(N)c2ccccc2n1. The van der Waals surface area contributed by atoms with Crippen molar-refractivity contribution in [3.05, 3.63) is 36.0 Å². The Morgan fingerprint density at radius 3 is 2.94 bits per heavy atom. The molecule has 0 amide bonds. The van der Waals surface area contributed by atoms with Crippen LogP contribution in [0, 0.1) is 0 Å². The molecule has 16 heavy (non-hydrogen) atoms. The van der Waals surface area contributed by atoms with Crippen molar-refractivity contribution in [2.75, 3.05) is 12.3 Å². The van der Waals surface area contributed by atoms with Gasteiger partial charge in [-0.2, -0.15) is 0 Å². The van der Waals surface area contributed by atoms with E-state index >= 15 is 0 Å². The van der Waals surface area contributed by atoms with E-state index in [9.17, 15) is 4.79 Å². The summed E-state index contributed by atoms with van der Waals surface area (Å²) in [6, 6.07) is 8.95. The van der Waals surface area contributed by atoms with Gasteiger partial charge in [0, 0.05) is 11.1 Å². The number of para-hydroxylation sites is 1. The van der Waals surface area contributed by atoms with E-state index < -0.39 is 5.97 Å². The van der Waals surface area contributed by atoms with Crippen LogP contribution >= 0.6 is 0 Å². The molecule has 2 N–H and O–H groups in total. The molecule has 2 aromatic rings. The second-order valence-electron chi connectivity index (χ2n) is 3.33. The largest absolute Gasteiger partial charge is 0.461 e. The van der Waals surface area contributed by atoms with E-state index in [-0.39, 0.29) is 5.69 Å². The number of fused-ring (bicyclic) bond motifs is 1. The second-order valence-corrected chi connectivity index (χ2v) is 3.33. The second kappa shape index (κ2) is 4.18. The molecule has 0 saturated carbocycles. The van der Waals surface area contributed by atoms with E-state index in [4.69, 9.17) is 10.5 Å². The fourth-order valence-electron chi connectivity index (χ4n) is 1.51. The molecule has 0 radical (unpaired) electrons. The van der Waals surface area contributed by atoms with Gasteiger partial charge in [0.2, 0.25) is 0 Å². The lowest BCUT2D eigenvalue weighted by Crippen LogP contribution is -2.08. The number of rotatable bonds is 2. The van der Waals surface area contributed by atoms with Gasteiger partial charge in [-0.05, 0) is 19.1 Å². The molecule has 82 valence electrons. The van der Waals surface area contributed by atoms with Gasteiger partial charge in [-0.25, -0.2) is 9.78 Å². The van der Waals surface area contributed by atoms with Gasteiger partial charge in [0.05, 0.1) is 12.1 Å². The molecule has 1 aromatic carbocycles. The highest BCUT2D eigenvalue weighted by Gasteiger charge is 2.10. The normalized spacial score (nSPS) is 10.3. The highest BCUT2D eigenvalue weighted by Crippen LogP contribution is 2.20. The Labute approximate surface area is 93.0 Å². The van der Waals surface area contributed by atoms with Crippen molar-refractivity contribution in [2.24, 2.45) is 0 Å². The van der Waals surface area contributed by atoms with Crippen LogP contribution in [0.25, 0.3) is 10.9 Å². The third-order valence-electron chi connectivity index (χ3n) is 2.23. The molecule has 0 aliphatic heterocycles. The van der Waals surface area contributed by atoms with Crippen LogP contribution in [0.15, 0.2) is 30.3 Å². The minimum atomic E-state index is -0.444. The van der Waals surface area contributed by atoms with Gasteiger partial charge < -0.3 is 10.5 Å². The summed E-state index contributed by atoms with van der Waals surface area (Å²) >= 11 is 0. The first-order valence-electron chi connectivity index (χ1n) is 5.04. The third-order valence-corrected chi connectivity index (χ3v) is 2.23. The number of esters is 1. The van der Waals surface area contributed by atoms with Crippen LogP contribution < -0.4 is 5.73 Å². The number of carbonyl (C=O) groups is 1. The molecule has 1 aromatic heterocycles. The van der Waals surface area contributed by atoms with Crippen molar-refractivity contribution >= 4 is 22.6 Å². The molecule has 0 spiro atoms. The van der Waals surface area contributed by atoms with Gasteiger partial charge >= 0.3 is 5.97 Å². The smallest absolute Gasteiger partial charge is 0.357 e. The topological polar surface area (TPSA) is 65.2 Å². The molecular formula is C12H12N2O2. The maximum atomic E-state index is 11.5. The van der Waals surface area contributed by atoms with Gasteiger partial charge in [0.15, 0.2) is 5.69 Å². The summed E-state index contributed by atoms with van der Waals surface area (Å²) in [6.07, 6.45) is 0. The summed E-state index contributed by atoms with van der Waals surface area (Å²) in [5.74, 6) is -0.444. The quantitative estimate of drug-likeness (QED) is 0.780. The first-order valence-corrected chi connectivity index (χ1v) is 5.04. The minimum absolute atomic E-state index is 0.248. The average Bonchev–Trinajstić information content (AvgIpc) is 2.29. The number of carbonyl (C=O) groups excluding carboxylic acids is 1. The first-order chi connectivity index (χ1) is 7.72. The van der Waals surface area contributed by atoms with Gasteiger partial charge in [0.1, 0.15) is 0 Å². The number of benzene rings is 1. The van der Waals surface area contributed by atoms with Crippen molar-refractivity contribution in [3.63, 3.8) is 0 Å². The van der Waals surface area contributed by atoms with E-state index in [0.29, 0.717) is 17.8 Å². The van der Waals surface area contributed by atoms with Crippen molar-refractivity contribution in [1.29, 1.82) is 0 Å². The lowest BCUT2D eigenvalue weighted by atomic mass is 10.1. The molecule has 4 nitrogen and oxygen atoms in total. The molecule has 0 fully saturated rings. The van der Waals surface area contributed by atoms with Crippen LogP contribution in [0.3, 0.4) is 0 Å². The summed E-state index contributed by atoms with van der Waals surface area (Å²) < 4.78 is 4.87. The minimum Gasteiger partial charge on any atom is -0.461 e. The Hall–Kier alpha value is -2.10. The summed E-state index contributed by atoms with van der Waals surface area (Å²) in [7, 11) is 0. The molecule has 0 saturated heterocycles. The Morgan fingerprint density at radius 1 is 1.44 bits per heavy atom. The number of nitrogens with zero attached hydrogens (tertiary/aromatic N) is 1. The molecule has 0 bridgehead atoms. The van der Waals surface area contributed by atoms with Crippen molar-refractivity contribution in [3.8, 4) is 0 Å². The zero-order valence-electron chi connectivity index (χ0n) is 8.93. The fraction of sp³-hybridized carbons (Fsp3) is 0.167. The molecule has 0 aliphatic carbocycles. The maximum Gasteiger partial charge on any atom is 0.357 e. The van der Waals surface area contributed by atoms with Crippen LogP contribution in [0.4, 0.5) is 5.69 Å². The molecule has 0 aliphatic rings. The summed E-state index contributed by atoms with van der Waals surface area (Å²) in [5.41, 5.74) is 7.33. The number of hydrogen-bond acceptors (Lipinski definition) is 4. The average molecular weight is 216 g/mol. The van der Waals surface area contributed by atoms with Crippen LogP contribution in [0.1, 0.15) is 17.4 Å². The Morgan fingerprint density at radius 2 is 2.19 bits per heavy atom. The summed E-state index contributed by atoms with van der Waals surface area (Å²) in [5, 5.41) is 0.843. The van der Waals surface area contributed by atoms with Crippen LogP contribution in [-0.2, 0) is 4.74 Å². The van der Waals surface area contributed by atoms with Crippen molar-refractivity contribution in [2.45, 2.75) is 6.92 Å². The lowest BCUT2D eigenvalue weighted by Gasteiger charge is -2.05. The van der Waals surface area contributed by atoms with E-state index in [1.54, 1.807) is 13.0 Å². The number of anilines is 1. The summed E-state index contributed by atoms with van der Waals surface area (Å²) in [6.45, 7) is 2.08. The monoisotopic (exact) mass is 216 g/mol. The standard InChI is InChI=1S/C12H12N2O2/c1-2-16-12(15)11-7-9(13)8-5-3-4-6-10(8)14-11/h3-7H,2H2,1H3,(H2,13,14). The molecule has 0 atom stereocenters. The van der Waals surface area contributed by atoms with Crippen LogP contribution in [0.5, 0.6) is 0 Å². The van der Waals surface area contributed by atoms with Gasteiger partial charge in [-0.3, -0.25) is 0 Å². The number of ether oxygens (including phenoxy) is 1. The maximum absolute atomic E-state index is 11.5. The number of nitrogens with two attached hydrogens (primary N) is 1. The number of aromatic nitrogens is 1. The molecule has 2 rings (SSSR count). The van der Waals surface area contributed by atoms with Gasteiger partial charge in [0.25, 0.3) is 0 Å². The Balaban J connectivity index is 2.53. The zero-order valence-corrected chi connectivity index (χ0v) is 8.93. The fourth-order valence-corrected chi connectivity index (χ4v) is 1.51. The highest BCUT2D eigenvalue weighted by atomic mass is 16.5. The molecule has 0 unspecified atom stereocenters. The molecule has 1 heterocycles. The predicted octanol–water partition coefficient (Wildman–Crippen LogP) is 1.99. The third kappa shape index (κ3) is 1.82. The number of pyridine rings is 1. The number of hydrogen-bond donors (Lipinski definition) is 1. The molecular weight excluding hydrogens is 204 g/mol. The number of nitrogen functional groups attached to an aromatic ring is 1. The van der Waals surface area contributed by atoms with E-state index in [1.807, 2.05) is 24.3 Å². The Kier molecular flexibility index (Phi) is 2.72. The lowest BCUT2D eigenvalue weighted by molar-refractivity contribution is 0.0520. The zero-order chi connectivity index (χ0) is 11.5. The van der Waals surface area contributed by atoms with Gasteiger partial charge in [-0.15, -0.1) is 0 Å². The van der Waals surface area contributed by atoms with E-state index in [0.717, 1.165) is 5.39 Å². The Bertz CT molecular complexity index is 538. The van der Waals surface area contributed by atoms with Crippen molar-refractivity contribution < 1.29 is 9.53 Å². The van der Waals surface area contributed by atoms with Crippen LogP contribution in [-0.4, -0.2) is 17.6 Å². The van der Waals surface area contributed by atoms with E-state index in [2.05, 4.69) is 4.98 Å². The first kappa shape index (κ1) is 10.4. The van der Waals surface area contributed by atoms with E-state index in [1.165, 1.54) is 0 Å². The summed E-state index contributed by atoms with van der Waals surface area (Å²) in [4.78, 5) is 15.7. The predicted molar refractivity (Wildman–Crippen MR) is 62.1 cm³/mol. The van der Waals surface area contributed by atoms with Gasteiger partial charge in [-0.1, -0.05) is 18.2 Å². The molecule has 4 heteroatoms. The van der Waals surface area contributed by atoms with Crippen LogP contribution in [0.2, 0.25) is 0 Å². The highest BCUT2D eigenvalue weighted by molar-refractivity contribution is 5.96.